The molecule has 4 heterocycles. The average Bonchev–Trinajstić information content (AvgIpc) is 3.39. The average molecular weight is 491 g/mol. The van der Waals surface area contributed by atoms with Crippen LogP contribution in [0.15, 0.2) is 29.6 Å². The molecule has 0 saturated carbocycles. The molecule has 3 amide bonds. The van der Waals surface area contributed by atoms with Crippen LogP contribution in [-0.2, 0) is 11.2 Å². The highest BCUT2D eigenvalue weighted by Gasteiger charge is 2.42. The Morgan fingerprint density at radius 3 is 2.73 bits per heavy atom. The van der Waals surface area contributed by atoms with E-state index in [0.29, 0.717) is 29.8 Å². The maximum absolute atomic E-state index is 12.9. The summed E-state index contributed by atoms with van der Waals surface area (Å²) in [4.78, 5) is 38.4. The summed E-state index contributed by atoms with van der Waals surface area (Å²) in [6.45, 7) is 2.08. The summed E-state index contributed by atoms with van der Waals surface area (Å²) < 4.78 is 10.9. The van der Waals surface area contributed by atoms with Crippen molar-refractivity contribution in [2.75, 3.05) is 36.5 Å². The molecule has 2 N–H and O–H groups in total. The summed E-state index contributed by atoms with van der Waals surface area (Å²) in [6, 6.07) is 5.61. The van der Waals surface area contributed by atoms with Crippen molar-refractivity contribution in [3.05, 3.63) is 35.1 Å². The molecule has 33 heavy (non-hydrogen) atoms. The quantitative estimate of drug-likeness (QED) is 0.653. The molecule has 0 radical (unpaired) electrons. The molecule has 10 nitrogen and oxygen atoms in total. The first-order valence-corrected chi connectivity index (χ1v) is 11.9. The maximum atomic E-state index is 12.9. The third-order valence-electron chi connectivity index (χ3n) is 6.19. The maximum Gasteiger partial charge on any atom is 0.412 e. The first kappa shape index (κ1) is 21.9. The van der Waals surface area contributed by atoms with Gasteiger partial charge < -0.3 is 25.0 Å². The van der Waals surface area contributed by atoms with Gasteiger partial charge in [-0.15, -0.1) is 0 Å². The van der Waals surface area contributed by atoms with Crippen LogP contribution in [0.3, 0.4) is 0 Å². The van der Waals surface area contributed by atoms with E-state index in [9.17, 15) is 9.59 Å². The largest absolute Gasteiger partial charge is 0.479 e. The van der Waals surface area contributed by atoms with Crippen LogP contribution >= 0.6 is 23.4 Å². The Balaban J connectivity index is 1.22. The zero-order chi connectivity index (χ0) is 23.1. The van der Waals surface area contributed by atoms with Crippen LogP contribution in [0, 0.1) is 0 Å². The van der Waals surface area contributed by atoms with Crippen LogP contribution < -0.4 is 20.3 Å². The van der Waals surface area contributed by atoms with E-state index in [1.165, 1.54) is 24.7 Å². The molecule has 1 unspecified atom stereocenters. The lowest BCUT2D eigenvalue weighted by molar-refractivity contribution is 0.0853. The molecule has 1 aromatic carbocycles. The van der Waals surface area contributed by atoms with Gasteiger partial charge in [-0.3, -0.25) is 0 Å². The molecule has 1 aromatic heterocycles. The van der Waals surface area contributed by atoms with Crippen LogP contribution in [0.2, 0.25) is 5.02 Å². The van der Waals surface area contributed by atoms with E-state index in [4.69, 9.17) is 26.8 Å². The predicted molar refractivity (Wildman–Crippen MR) is 124 cm³/mol. The van der Waals surface area contributed by atoms with Gasteiger partial charge in [0.15, 0.2) is 0 Å². The number of likely N-dealkylation sites (tertiary alicyclic amines) is 1. The highest BCUT2D eigenvalue weighted by Crippen LogP contribution is 2.46. The first-order chi connectivity index (χ1) is 16.0. The van der Waals surface area contributed by atoms with Crippen molar-refractivity contribution in [1.29, 1.82) is 0 Å². The summed E-state index contributed by atoms with van der Waals surface area (Å²) in [5, 5.41) is 1.22. The van der Waals surface area contributed by atoms with Gasteiger partial charge in [-0.05, 0) is 54.8 Å². The standard InChI is InChI=1S/C21H23ClN6O4S/c1-31-17-16-18(25-11-24-17)33-21(28(16)19(23)29)32-20(30)26-7-5-14(6-8-26)27-9-4-12-10-13(22)2-3-15(12)27/h2-3,10-11,14,21H,4-9H2,1H3,(H2,23,29). The Hall–Kier alpha value is -2.92. The predicted octanol–water partition coefficient (Wildman–Crippen LogP) is 3.08. The second-order valence-electron chi connectivity index (χ2n) is 7.99. The number of methoxy groups -OCH3 is 1. The number of hydrogen-bond donors (Lipinski definition) is 1. The van der Waals surface area contributed by atoms with Crippen molar-refractivity contribution in [1.82, 2.24) is 14.9 Å². The van der Waals surface area contributed by atoms with Gasteiger partial charge in [-0.2, -0.15) is 4.98 Å². The van der Waals surface area contributed by atoms with E-state index < -0.39 is 17.7 Å². The van der Waals surface area contributed by atoms with Crippen LogP contribution in [0.4, 0.5) is 21.0 Å². The number of primary amides is 1. The van der Waals surface area contributed by atoms with Crippen molar-refractivity contribution in [2.24, 2.45) is 5.73 Å². The van der Waals surface area contributed by atoms with Crippen molar-refractivity contribution < 1.29 is 19.1 Å². The molecular weight excluding hydrogens is 468 g/mol. The first-order valence-electron chi connectivity index (χ1n) is 10.6. The van der Waals surface area contributed by atoms with Crippen molar-refractivity contribution in [3.8, 4) is 5.88 Å². The minimum atomic E-state index is -0.969. The van der Waals surface area contributed by atoms with Gasteiger partial charge in [0.1, 0.15) is 17.0 Å². The van der Waals surface area contributed by atoms with Crippen molar-refractivity contribution >= 4 is 46.9 Å². The molecule has 1 saturated heterocycles. The Morgan fingerprint density at radius 1 is 1.21 bits per heavy atom. The number of anilines is 2. The lowest BCUT2D eigenvalue weighted by atomic mass is 10.0. The van der Waals surface area contributed by atoms with Gasteiger partial charge in [0, 0.05) is 36.4 Å². The summed E-state index contributed by atoms with van der Waals surface area (Å²) in [5.74, 6) is 0.192. The fraction of sp³-hybridized carbons (Fsp3) is 0.429. The number of piperidine rings is 1. The van der Waals surface area contributed by atoms with Crippen LogP contribution in [0.1, 0.15) is 18.4 Å². The van der Waals surface area contributed by atoms with Gasteiger partial charge in [0.25, 0.3) is 0 Å². The fourth-order valence-electron chi connectivity index (χ4n) is 4.63. The zero-order valence-electron chi connectivity index (χ0n) is 17.9. The summed E-state index contributed by atoms with van der Waals surface area (Å²) in [7, 11) is 1.43. The topological polar surface area (TPSA) is 114 Å². The van der Waals surface area contributed by atoms with E-state index in [-0.39, 0.29) is 5.88 Å². The molecule has 1 atom stereocenters. The van der Waals surface area contributed by atoms with Gasteiger partial charge in [0.05, 0.1) is 7.11 Å². The number of nitrogens with two attached hydrogens (primary N) is 1. The lowest BCUT2D eigenvalue weighted by Crippen LogP contribution is -2.49. The number of ether oxygens (including phenoxy) is 2. The Labute approximate surface area is 200 Å². The van der Waals surface area contributed by atoms with Crippen LogP contribution in [-0.4, -0.2) is 65.3 Å². The normalized spacial score (nSPS) is 19.9. The van der Waals surface area contributed by atoms with E-state index in [0.717, 1.165) is 47.5 Å². The number of fused-ring (bicyclic) bond motifs is 2. The van der Waals surface area contributed by atoms with Gasteiger partial charge in [0.2, 0.25) is 11.4 Å². The van der Waals surface area contributed by atoms with E-state index in [1.807, 2.05) is 12.1 Å². The number of hydrogen-bond acceptors (Lipinski definition) is 8. The molecule has 0 aliphatic carbocycles. The monoisotopic (exact) mass is 490 g/mol. The van der Waals surface area contributed by atoms with E-state index in [1.54, 1.807) is 4.90 Å². The number of halogens is 1. The number of benzene rings is 1. The number of carbonyl (C=O) groups excluding carboxylic acids is 2. The van der Waals surface area contributed by atoms with Crippen LogP contribution in [0.25, 0.3) is 0 Å². The third kappa shape index (κ3) is 3.99. The van der Waals surface area contributed by atoms with Crippen molar-refractivity contribution in [3.63, 3.8) is 0 Å². The van der Waals surface area contributed by atoms with Crippen molar-refractivity contribution in [2.45, 2.75) is 35.9 Å². The lowest BCUT2D eigenvalue weighted by Gasteiger charge is -2.38. The summed E-state index contributed by atoms with van der Waals surface area (Å²) >= 11 is 7.25. The Morgan fingerprint density at radius 2 is 2.00 bits per heavy atom. The number of amides is 3. The molecule has 1 fully saturated rings. The molecule has 12 heteroatoms. The van der Waals surface area contributed by atoms with E-state index >= 15 is 0 Å². The molecule has 0 spiro atoms. The molecule has 174 valence electrons. The molecule has 2 aromatic rings. The smallest absolute Gasteiger partial charge is 0.412 e. The molecule has 5 rings (SSSR count). The minimum Gasteiger partial charge on any atom is -0.479 e. The number of urea groups is 1. The van der Waals surface area contributed by atoms with Gasteiger partial charge >= 0.3 is 12.1 Å². The number of carbonyl (C=O) groups is 2. The number of thioether (sulfide) groups is 1. The van der Waals surface area contributed by atoms with Gasteiger partial charge in [-0.25, -0.2) is 19.5 Å². The Bertz CT molecular complexity index is 1100. The fourth-order valence-corrected chi connectivity index (χ4v) is 5.87. The second-order valence-corrected chi connectivity index (χ2v) is 9.45. The minimum absolute atomic E-state index is 0.192. The number of nitrogens with zero attached hydrogens (tertiary/aromatic N) is 5. The Kier molecular flexibility index (Phi) is 5.83. The summed E-state index contributed by atoms with van der Waals surface area (Å²) in [5.41, 5.74) is 7.40. The molecule has 3 aliphatic rings. The third-order valence-corrected chi connectivity index (χ3v) is 7.45. The number of aromatic nitrogens is 2. The highest BCUT2D eigenvalue weighted by molar-refractivity contribution is 8.00. The molecule has 0 bridgehead atoms. The SMILES string of the molecule is COc1ncnc2c1N(C(N)=O)C(OC(=O)N1CCC(N3CCc4cc(Cl)ccc43)CC1)S2. The molecule has 3 aliphatic heterocycles. The highest BCUT2D eigenvalue weighted by atomic mass is 35.5. The summed E-state index contributed by atoms with van der Waals surface area (Å²) in [6.07, 6.45) is 3.46. The van der Waals surface area contributed by atoms with Crippen LogP contribution in [0.5, 0.6) is 5.88 Å². The van der Waals surface area contributed by atoms with Gasteiger partial charge in [-0.1, -0.05) is 11.6 Å². The van der Waals surface area contributed by atoms with E-state index in [2.05, 4.69) is 20.9 Å². The number of rotatable bonds is 3. The second kappa shape index (κ2) is 8.79. The zero-order valence-corrected chi connectivity index (χ0v) is 19.5. The molecular formula is C21H23ClN6O4S.